The molecule has 1 aliphatic rings. The van der Waals surface area contributed by atoms with Crippen LogP contribution >= 0.6 is 0 Å². The minimum atomic E-state index is -0.994. The highest BCUT2D eigenvalue weighted by Crippen LogP contribution is 2.29. The molecule has 1 fully saturated rings. The van der Waals surface area contributed by atoms with E-state index in [9.17, 15) is 19.5 Å². The van der Waals surface area contributed by atoms with Gasteiger partial charge in [0.15, 0.2) is 0 Å². The van der Waals surface area contributed by atoms with Crippen molar-refractivity contribution in [3.05, 3.63) is 0 Å². The van der Waals surface area contributed by atoms with Crippen LogP contribution in [0.25, 0.3) is 0 Å². The second kappa shape index (κ2) is 7.09. The normalized spacial score (nSPS) is 18.7. The van der Waals surface area contributed by atoms with E-state index >= 15 is 0 Å². The van der Waals surface area contributed by atoms with Crippen molar-refractivity contribution in [3.63, 3.8) is 0 Å². The van der Waals surface area contributed by atoms with Gasteiger partial charge >= 0.3 is 12.0 Å². The first kappa shape index (κ1) is 16.2. The van der Waals surface area contributed by atoms with E-state index < -0.39 is 23.5 Å². The van der Waals surface area contributed by atoms with E-state index in [4.69, 9.17) is 4.74 Å². The molecule has 0 bridgehead atoms. The summed E-state index contributed by atoms with van der Waals surface area (Å²) in [6.07, 6.45) is 0.710. The lowest BCUT2D eigenvalue weighted by Crippen LogP contribution is -2.52. The number of aliphatic carboxylic acids is 1. The fourth-order valence-electron chi connectivity index (χ4n) is 2.01. The molecule has 0 aromatic heterocycles. The van der Waals surface area contributed by atoms with Crippen molar-refractivity contribution in [1.82, 2.24) is 16.0 Å². The van der Waals surface area contributed by atoms with Gasteiger partial charge in [0.2, 0.25) is 5.91 Å². The minimum absolute atomic E-state index is 0.0119. The molecule has 8 heteroatoms. The van der Waals surface area contributed by atoms with Crippen LogP contribution in [0.4, 0.5) is 4.79 Å². The number of hydrogen-bond acceptors (Lipinski definition) is 4. The van der Waals surface area contributed by atoms with Crippen molar-refractivity contribution < 1.29 is 24.2 Å². The predicted molar refractivity (Wildman–Crippen MR) is 70.2 cm³/mol. The first-order valence-corrected chi connectivity index (χ1v) is 6.48. The third-order valence-electron chi connectivity index (χ3n) is 3.48. The summed E-state index contributed by atoms with van der Waals surface area (Å²) >= 11 is 0. The Bertz CT molecular complexity index is 379. The van der Waals surface area contributed by atoms with Gasteiger partial charge in [-0.25, -0.2) is 4.79 Å². The maximum absolute atomic E-state index is 11.7. The average Bonchev–Trinajstić information content (AvgIpc) is 2.45. The van der Waals surface area contributed by atoms with E-state index in [0.29, 0.717) is 26.1 Å². The Kier molecular flexibility index (Phi) is 5.75. The largest absolute Gasteiger partial charge is 0.481 e. The molecule has 0 aliphatic carbocycles. The summed E-state index contributed by atoms with van der Waals surface area (Å²) in [7, 11) is 1.47. The van der Waals surface area contributed by atoms with Gasteiger partial charge in [0.05, 0.1) is 5.41 Å². The number of carbonyl (C=O) groups excluding carboxylic acids is 2. The lowest BCUT2D eigenvalue weighted by Gasteiger charge is -2.33. The van der Waals surface area contributed by atoms with E-state index in [0.717, 1.165) is 0 Å². The molecule has 0 aromatic rings. The number of likely N-dealkylation sites (N-methyl/N-ethyl adjacent to an activating group) is 1. The molecule has 1 saturated heterocycles. The standard InChI is InChI=1S/C12H21N3O5/c1-8(9(16)13-2)15-11(19)14-7-12(10(17)18)3-5-20-6-4-12/h8H,3-7H2,1-2H3,(H,13,16)(H,17,18)(H2,14,15,19). The number of carboxylic acid groups (broad SMARTS) is 1. The number of carbonyl (C=O) groups is 3. The Hall–Kier alpha value is -1.83. The number of carboxylic acids is 1. The van der Waals surface area contributed by atoms with Gasteiger partial charge in [-0.05, 0) is 19.8 Å². The molecule has 0 aromatic carbocycles. The smallest absolute Gasteiger partial charge is 0.315 e. The number of urea groups is 1. The van der Waals surface area contributed by atoms with Crippen molar-refractivity contribution in [1.29, 1.82) is 0 Å². The van der Waals surface area contributed by atoms with Crippen molar-refractivity contribution in [3.8, 4) is 0 Å². The van der Waals surface area contributed by atoms with Crippen LogP contribution in [0.2, 0.25) is 0 Å². The highest BCUT2D eigenvalue weighted by atomic mass is 16.5. The molecule has 4 N–H and O–H groups in total. The molecule has 1 unspecified atom stereocenters. The van der Waals surface area contributed by atoms with Crippen LogP contribution in [0.1, 0.15) is 19.8 Å². The molecule has 1 aliphatic heterocycles. The van der Waals surface area contributed by atoms with Crippen LogP contribution < -0.4 is 16.0 Å². The molecule has 114 valence electrons. The van der Waals surface area contributed by atoms with Crippen LogP contribution in [0, 0.1) is 5.41 Å². The van der Waals surface area contributed by atoms with Gasteiger partial charge in [0.25, 0.3) is 0 Å². The third-order valence-corrected chi connectivity index (χ3v) is 3.48. The SMILES string of the molecule is CNC(=O)C(C)NC(=O)NCC1(C(=O)O)CCOCC1. The Labute approximate surface area is 117 Å². The number of ether oxygens (including phenoxy) is 1. The van der Waals surface area contributed by atoms with Crippen LogP contribution in [0.15, 0.2) is 0 Å². The van der Waals surface area contributed by atoms with Gasteiger partial charge < -0.3 is 25.8 Å². The molecule has 8 nitrogen and oxygen atoms in total. The fraction of sp³-hybridized carbons (Fsp3) is 0.750. The zero-order chi connectivity index (χ0) is 15.2. The predicted octanol–water partition coefficient (Wildman–Crippen LogP) is -0.698. The van der Waals surface area contributed by atoms with Crippen LogP contribution in [-0.2, 0) is 14.3 Å². The molecule has 1 heterocycles. The second-order valence-corrected chi connectivity index (χ2v) is 4.86. The van der Waals surface area contributed by atoms with Gasteiger partial charge in [0, 0.05) is 26.8 Å². The molecule has 0 saturated carbocycles. The highest BCUT2D eigenvalue weighted by Gasteiger charge is 2.40. The second-order valence-electron chi connectivity index (χ2n) is 4.86. The van der Waals surface area contributed by atoms with Crippen molar-refractivity contribution in [2.45, 2.75) is 25.8 Å². The van der Waals surface area contributed by atoms with E-state index in [2.05, 4.69) is 16.0 Å². The molecule has 0 radical (unpaired) electrons. The fourth-order valence-corrected chi connectivity index (χ4v) is 2.01. The lowest BCUT2D eigenvalue weighted by atomic mass is 9.80. The van der Waals surface area contributed by atoms with Gasteiger partial charge in [-0.3, -0.25) is 9.59 Å². The Morgan fingerprint density at radius 3 is 2.40 bits per heavy atom. The summed E-state index contributed by atoms with van der Waals surface area (Å²) in [5.74, 6) is -1.26. The van der Waals surface area contributed by atoms with Gasteiger partial charge in [-0.2, -0.15) is 0 Å². The summed E-state index contributed by atoms with van der Waals surface area (Å²) in [4.78, 5) is 34.3. The van der Waals surface area contributed by atoms with Gasteiger partial charge in [0.1, 0.15) is 6.04 Å². The third kappa shape index (κ3) is 4.09. The van der Waals surface area contributed by atoms with Crippen LogP contribution in [0.5, 0.6) is 0 Å². The number of rotatable bonds is 5. The first-order valence-electron chi connectivity index (χ1n) is 6.48. The van der Waals surface area contributed by atoms with E-state index in [1.165, 1.54) is 7.05 Å². The maximum atomic E-state index is 11.7. The summed E-state index contributed by atoms with van der Waals surface area (Å²) in [6.45, 7) is 2.28. The van der Waals surface area contributed by atoms with E-state index in [-0.39, 0.29) is 12.5 Å². The quantitative estimate of drug-likeness (QED) is 0.533. The average molecular weight is 287 g/mol. The summed E-state index contributed by atoms with van der Waals surface area (Å²) in [5, 5.41) is 16.7. The molecular weight excluding hydrogens is 266 g/mol. The molecule has 1 rings (SSSR count). The number of nitrogens with one attached hydrogen (secondary N) is 3. The van der Waals surface area contributed by atoms with Gasteiger partial charge in [-0.1, -0.05) is 0 Å². The number of hydrogen-bond donors (Lipinski definition) is 4. The zero-order valence-corrected chi connectivity index (χ0v) is 11.7. The Morgan fingerprint density at radius 2 is 1.90 bits per heavy atom. The van der Waals surface area contributed by atoms with Crippen molar-refractivity contribution >= 4 is 17.9 Å². The number of amides is 3. The zero-order valence-electron chi connectivity index (χ0n) is 11.7. The van der Waals surface area contributed by atoms with Gasteiger partial charge in [-0.15, -0.1) is 0 Å². The van der Waals surface area contributed by atoms with Crippen molar-refractivity contribution in [2.75, 3.05) is 26.8 Å². The van der Waals surface area contributed by atoms with E-state index in [1.807, 2.05) is 0 Å². The van der Waals surface area contributed by atoms with E-state index in [1.54, 1.807) is 6.92 Å². The van der Waals surface area contributed by atoms with Crippen molar-refractivity contribution in [2.24, 2.45) is 5.41 Å². The van der Waals surface area contributed by atoms with Crippen LogP contribution in [-0.4, -0.2) is 55.9 Å². The summed E-state index contributed by atoms with van der Waals surface area (Å²) in [5.41, 5.74) is -0.994. The molecule has 20 heavy (non-hydrogen) atoms. The van der Waals surface area contributed by atoms with Crippen LogP contribution in [0.3, 0.4) is 0 Å². The maximum Gasteiger partial charge on any atom is 0.315 e. The topological polar surface area (TPSA) is 117 Å². The lowest BCUT2D eigenvalue weighted by molar-refractivity contribution is -0.154. The molecular formula is C12H21N3O5. The summed E-state index contributed by atoms with van der Waals surface area (Å²) in [6, 6.07) is -1.25. The molecule has 0 spiro atoms. The molecule has 1 atom stereocenters. The Morgan fingerprint density at radius 1 is 1.30 bits per heavy atom. The minimum Gasteiger partial charge on any atom is -0.481 e. The highest BCUT2D eigenvalue weighted by molar-refractivity contribution is 5.86. The first-order chi connectivity index (χ1) is 9.41. The molecule has 3 amide bonds. The monoisotopic (exact) mass is 287 g/mol. The summed E-state index contributed by atoms with van der Waals surface area (Å²) < 4.78 is 5.15. The Balaban J connectivity index is 2.49.